The zero-order chi connectivity index (χ0) is 25.0. The van der Waals surface area contributed by atoms with E-state index in [9.17, 15) is 27.6 Å². The third-order valence-electron chi connectivity index (χ3n) is 7.08. The van der Waals surface area contributed by atoms with Crippen molar-refractivity contribution < 1.29 is 22.8 Å². The molecule has 35 heavy (non-hydrogen) atoms. The van der Waals surface area contributed by atoms with Crippen LogP contribution in [-0.2, 0) is 4.79 Å². The van der Waals surface area contributed by atoms with Gasteiger partial charge >= 0.3 is 6.18 Å². The summed E-state index contributed by atoms with van der Waals surface area (Å²) in [5, 5.41) is 8.45. The van der Waals surface area contributed by atoms with Crippen molar-refractivity contribution in [2.24, 2.45) is 5.41 Å². The molecule has 2 fully saturated rings. The molecular formula is C22H24F3N7O3. The number of alkyl halides is 3. The first-order chi connectivity index (χ1) is 16.6. The lowest BCUT2D eigenvalue weighted by Gasteiger charge is -2.43. The van der Waals surface area contributed by atoms with Crippen LogP contribution in [0.1, 0.15) is 41.7 Å². The van der Waals surface area contributed by atoms with Gasteiger partial charge in [0.2, 0.25) is 11.9 Å². The number of halogens is 3. The van der Waals surface area contributed by atoms with E-state index in [0.717, 1.165) is 0 Å². The van der Waals surface area contributed by atoms with Crippen molar-refractivity contribution in [1.82, 2.24) is 34.2 Å². The number of piperidine rings is 1. The number of H-pyrrole nitrogens is 1. The molecule has 0 bridgehead atoms. The van der Waals surface area contributed by atoms with Crippen LogP contribution in [0.5, 0.6) is 0 Å². The first-order valence-electron chi connectivity index (χ1n) is 11.4. The summed E-state index contributed by atoms with van der Waals surface area (Å²) in [7, 11) is 0. The molecule has 2 amide bonds. The normalized spacial score (nSPS) is 18.4. The summed E-state index contributed by atoms with van der Waals surface area (Å²) in [5.74, 6) is -1.27. The van der Waals surface area contributed by atoms with Gasteiger partial charge in [0, 0.05) is 32.4 Å². The highest BCUT2D eigenvalue weighted by Gasteiger charge is 2.62. The standard InChI is InChI=1S/C22H24F3N7O3/c1-14-15(13-26-32(14)20-27-17(33)16-5-4-10-31(16)28-20)18(34)29-11-6-21(7-12-29,22(23,24)25)19(35)30-8-2-3-9-30/h4-5,10,13H,2-3,6-9,11-12H2,1H3,(H,27,28,33). The van der Waals surface area contributed by atoms with Crippen LogP contribution in [0.4, 0.5) is 13.2 Å². The van der Waals surface area contributed by atoms with E-state index in [0.29, 0.717) is 37.1 Å². The molecule has 3 aromatic rings. The summed E-state index contributed by atoms with van der Waals surface area (Å²) in [6.07, 6.45) is -1.36. The Morgan fingerprint density at radius 1 is 1.09 bits per heavy atom. The maximum absolute atomic E-state index is 14.1. The molecule has 0 saturated carbocycles. The van der Waals surface area contributed by atoms with Crippen LogP contribution in [0.2, 0.25) is 0 Å². The van der Waals surface area contributed by atoms with E-state index in [-0.39, 0.29) is 30.2 Å². The molecule has 10 nitrogen and oxygen atoms in total. The minimum absolute atomic E-state index is 0.0983. The Kier molecular flexibility index (Phi) is 5.44. The monoisotopic (exact) mass is 491 g/mol. The van der Waals surface area contributed by atoms with Crippen LogP contribution < -0.4 is 5.56 Å². The molecule has 0 spiro atoms. The van der Waals surface area contributed by atoms with Gasteiger partial charge in [-0.1, -0.05) is 0 Å². The van der Waals surface area contributed by atoms with Gasteiger partial charge in [-0.05, 0) is 44.7 Å². The van der Waals surface area contributed by atoms with E-state index in [2.05, 4.69) is 15.2 Å². The SMILES string of the molecule is Cc1c(C(=O)N2CCC(C(=O)N3CCCC3)(C(F)(F)F)CC2)cnn1-c1nn2cccc2c(=O)[nH]1. The largest absolute Gasteiger partial charge is 0.403 e. The molecule has 2 aliphatic rings. The molecule has 2 aliphatic heterocycles. The van der Waals surface area contributed by atoms with Crippen LogP contribution in [0.15, 0.2) is 29.3 Å². The Morgan fingerprint density at radius 3 is 2.43 bits per heavy atom. The zero-order valence-corrected chi connectivity index (χ0v) is 19.0. The predicted molar refractivity (Wildman–Crippen MR) is 117 cm³/mol. The lowest BCUT2D eigenvalue weighted by molar-refractivity contribution is -0.236. The van der Waals surface area contributed by atoms with Gasteiger partial charge in [-0.2, -0.15) is 18.3 Å². The van der Waals surface area contributed by atoms with E-state index in [1.54, 1.807) is 25.3 Å². The van der Waals surface area contributed by atoms with Gasteiger partial charge in [-0.3, -0.25) is 19.4 Å². The second-order valence-electron chi connectivity index (χ2n) is 9.04. The van der Waals surface area contributed by atoms with Gasteiger partial charge in [0.1, 0.15) is 10.9 Å². The zero-order valence-electron chi connectivity index (χ0n) is 19.0. The molecule has 2 saturated heterocycles. The van der Waals surface area contributed by atoms with E-state index in [4.69, 9.17) is 0 Å². The average molecular weight is 491 g/mol. The fourth-order valence-electron chi connectivity index (χ4n) is 4.96. The van der Waals surface area contributed by atoms with Gasteiger partial charge in [-0.25, -0.2) is 9.20 Å². The summed E-state index contributed by atoms with van der Waals surface area (Å²) in [6, 6.07) is 3.27. The number of likely N-dealkylation sites (tertiary alicyclic amines) is 2. The smallest absolute Gasteiger partial charge is 0.342 e. The van der Waals surface area contributed by atoms with E-state index < -0.39 is 36.2 Å². The Bertz CT molecular complexity index is 1340. The number of aromatic amines is 1. The number of rotatable bonds is 3. The number of fused-ring (bicyclic) bond motifs is 1. The molecule has 0 aliphatic carbocycles. The van der Waals surface area contributed by atoms with E-state index in [1.165, 1.54) is 25.2 Å². The van der Waals surface area contributed by atoms with Crippen molar-refractivity contribution in [3.63, 3.8) is 0 Å². The van der Waals surface area contributed by atoms with Gasteiger partial charge in [0.15, 0.2) is 0 Å². The fourth-order valence-corrected chi connectivity index (χ4v) is 4.96. The number of nitrogens with one attached hydrogen (secondary N) is 1. The van der Waals surface area contributed by atoms with Crippen LogP contribution in [0.3, 0.4) is 0 Å². The molecule has 0 unspecified atom stereocenters. The van der Waals surface area contributed by atoms with Crippen molar-refractivity contribution >= 4 is 17.3 Å². The molecule has 3 aromatic heterocycles. The van der Waals surface area contributed by atoms with Gasteiger partial charge in [-0.15, -0.1) is 5.10 Å². The fraction of sp³-hybridized carbons (Fsp3) is 0.500. The number of carbonyl (C=O) groups is 2. The Labute approximate surface area is 197 Å². The topological polar surface area (TPSA) is 109 Å². The van der Waals surface area contributed by atoms with Gasteiger partial charge in [0.25, 0.3) is 11.5 Å². The maximum atomic E-state index is 14.1. The van der Waals surface area contributed by atoms with Crippen LogP contribution in [-0.4, -0.2) is 78.3 Å². The quantitative estimate of drug-likeness (QED) is 0.602. The second kappa shape index (κ2) is 8.24. The molecule has 5 rings (SSSR count). The number of aromatic nitrogens is 5. The number of hydrogen-bond acceptors (Lipinski definition) is 5. The highest BCUT2D eigenvalue weighted by molar-refractivity contribution is 5.95. The van der Waals surface area contributed by atoms with Crippen LogP contribution in [0, 0.1) is 12.3 Å². The van der Waals surface area contributed by atoms with Gasteiger partial charge in [0.05, 0.1) is 17.5 Å². The van der Waals surface area contributed by atoms with Crippen molar-refractivity contribution in [2.45, 2.75) is 38.8 Å². The minimum Gasteiger partial charge on any atom is -0.342 e. The van der Waals surface area contributed by atoms with Crippen LogP contribution >= 0.6 is 0 Å². The van der Waals surface area contributed by atoms with E-state index in [1.807, 2.05) is 0 Å². The Morgan fingerprint density at radius 2 is 1.77 bits per heavy atom. The number of hydrogen-bond donors (Lipinski definition) is 1. The highest BCUT2D eigenvalue weighted by atomic mass is 19.4. The lowest BCUT2D eigenvalue weighted by Crippen LogP contribution is -2.57. The molecule has 13 heteroatoms. The number of nitrogens with zero attached hydrogens (tertiary/aromatic N) is 6. The molecular weight excluding hydrogens is 467 g/mol. The number of carbonyl (C=O) groups excluding carboxylic acids is 2. The van der Waals surface area contributed by atoms with Crippen molar-refractivity contribution in [1.29, 1.82) is 0 Å². The van der Waals surface area contributed by atoms with Gasteiger partial charge < -0.3 is 9.80 Å². The summed E-state index contributed by atoms with van der Waals surface area (Å²) in [4.78, 5) is 43.6. The first-order valence-corrected chi connectivity index (χ1v) is 11.4. The highest BCUT2D eigenvalue weighted by Crippen LogP contribution is 2.48. The van der Waals surface area contributed by atoms with Crippen molar-refractivity contribution in [3.8, 4) is 5.95 Å². The van der Waals surface area contributed by atoms with E-state index >= 15 is 0 Å². The predicted octanol–water partition coefficient (Wildman–Crippen LogP) is 1.92. The van der Waals surface area contributed by atoms with Crippen molar-refractivity contribution in [2.75, 3.05) is 26.2 Å². The molecule has 0 radical (unpaired) electrons. The molecule has 0 atom stereocenters. The van der Waals surface area contributed by atoms with Crippen molar-refractivity contribution in [3.05, 3.63) is 46.1 Å². The van der Waals surface area contributed by atoms with Crippen LogP contribution in [0.25, 0.3) is 11.5 Å². The first kappa shape index (κ1) is 23.1. The molecule has 0 aromatic carbocycles. The molecule has 1 N–H and O–H groups in total. The summed E-state index contributed by atoms with van der Waals surface area (Å²) in [6.45, 7) is 1.88. The Hall–Kier alpha value is -3.64. The Balaban J connectivity index is 1.37. The minimum atomic E-state index is -4.70. The third kappa shape index (κ3) is 3.69. The maximum Gasteiger partial charge on any atom is 0.403 e. The second-order valence-corrected chi connectivity index (χ2v) is 9.04. The number of amides is 2. The summed E-state index contributed by atoms with van der Waals surface area (Å²) < 4.78 is 45.1. The molecule has 5 heterocycles. The lowest BCUT2D eigenvalue weighted by atomic mass is 9.76. The average Bonchev–Trinajstić information content (AvgIpc) is 3.58. The molecule has 186 valence electrons. The summed E-state index contributed by atoms with van der Waals surface area (Å²) in [5.41, 5.74) is -1.94. The summed E-state index contributed by atoms with van der Waals surface area (Å²) >= 11 is 0. The third-order valence-corrected chi connectivity index (χ3v) is 7.08.